The highest BCUT2D eigenvalue weighted by atomic mass is 79.9. The van der Waals surface area contributed by atoms with Gasteiger partial charge in [-0.15, -0.1) is 0 Å². The summed E-state index contributed by atoms with van der Waals surface area (Å²) in [7, 11) is 0. The molecular weight excluding hydrogens is 252 g/mol. The summed E-state index contributed by atoms with van der Waals surface area (Å²) in [4.78, 5) is 0. The Bertz CT molecular complexity index is 324. The Hall–Kier alpha value is -0.340. The average Bonchev–Trinajstić information content (AvgIpc) is 2.30. The van der Waals surface area contributed by atoms with Crippen LogP contribution >= 0.6 is 15.9 Å². The summed E-state index contributed by atoms with van der Waals surface area (Å²) >= 11 is 3.50. The Labute approximate surface area is 100.0 Å². The standard InChI is InChI=1S/C13H17BrO/c1-10-5-2-3-7-12(10)13-8-4-6-11(9-14)15-13/h2-3,5,7,11,13H,4,6,8-9H2,1H3. The molecular formula is C13H17BrO. The molecule has 1 aliphatic heterocycles. The first-order valence-corrected chi connectivity index (χ1v) is 6.70. The van der Waals surface area contributed by atoms with Gasteiger partial charge in [-0.3, -0.25) is 0 Å². The summed E-state index contributed by atoms with van der Waals surface area (Å²) in [6.07, 6.45) is 4.32. The molecule has 0 bridgehead atoms. The van der Waals surface area contributed by atoms with Crippen LogP contribution in [0.2, 0.25) is 0 Å². The maximum atomic E-state index is 6.06. The van der Waals surface area contributed by atoms with Crippen molar-refractivity contribution in [3.8, 4) is 0 Å². The lowest BCUT2D eigenvalue weighted by molar-refractivity contribution is -0.0386. The molecule has 1 fully saturated rings. The third kappa shape index (κ3) is 2.61. The third-order valence-electron chi connectivity index (χ3n) is 3.06. The molecule has 0 saturated carbocycles. The summed E-state index contributed by atoms with van der Waals surface area (Å²) in [5.74, 6) is 0. The Morgan fingerprint density at radius 2 is 2.13 bits per heavy atom. The van der Waals surface area contributed by atoms with E-state index in [0.717, 1.165) is 11.8 Å². The number of benzene rings is 1. The van der Waals surface area contributed by atoms with Crippen molar-refractivity contribution in [2.45, 2.75) is 38.4 Å². The zero-order valence-corrected chi connectivity index (χ0v) is 10.7. The Balaban J connectivity index is 2.13. The van der Waals surface area contributed by atoms with Crippen LogP contribution in [0.25, 0.3) is 0 Å². The van der Waals surface area contributed by atoms with Gasteiger partial charge in [-0.2, -0.15) is 0 Å². The van der Waals surface area contributed by atoms with Crippen LogP contribution < -0.4 is 0 Å². The van der Waals surface area contributed by atoms with E-state index in [1.807, 2.05) is 0 Å². The number of aryl methyl sites for hydroxylation is 1. The molecule has 1 saturated heterocycles. The van der Waals surface area contributed by atoms with E-state index < -0.39 is 0 Å². The minimum atomic E-state index is 0.308. The smallest absolute Gasteiger partial charge is 0.0831 e. The zero-order valence-electron chi connectivity index (χ0n) is 9.08. The van der Waals surface area contributed by atoms with E-state index in [0.29, 0.717) is 12.2 Å². The van der Waals surface area contributed by atoms with Crippen molar-refractivity contribution in [3.05, 3.63) is 35.4 Å². The van der Waals surface area contributed by atoms with Crippen LogP contribution in [0.5, 0.6) is 0 Å². The lowest BCUT2D eigenvalue weighted by atomic mass is 9.96. The number of alkyl halides is 1. The number of ether oxygens (including phenoxy) is 1. The molecule has 0 amide bonds. The van der Waals surface area contributed by atoms with Crippen LogP contribution in [0.15, 0.2) is 24.3 Å². The largest absolute Gasteiger partial charge is 0.369 e. The van der Waals surface area contributed by atoms with Crippen molar-refractivity contribution < 1.29 is 4.74 Å². The third-order valence-corrected chi connectivity index (χ3v) is 3.78. The predicted molar refractivity (Wildman–Crippen MR) is 66.4 cm³/mol. The number of hydrogen-bond acceptors (Lipinski definition) is 1. The molecule has 2 unspecified atom stereocenters. The van der Waals surface area contributed by atoms with Crippen molar-refractivity contribution >= 4 is 15.9 Å². The van der Waals surface area contributed by atoms with Crippen molar-refractivity contribution in [1.82, 2.24) is 0 Å². The van der Waals surface area contributed by atoms with Gasteiger partial charge in [-0.05, 0) is 37.3 Å². The Kier molecular flexibility index (Phi) is 3.81. The summed E-state index contributed by atoms with van der Waals surface area (Å²) in [5, 5.41) is 0.954. The van der Waals surface area contributed by atoms with Crippen LogP contribution in [-0.2, 0) is 4.74 Å². The van der Waals surface area contributed by atoms with E-state index in [4.69, 9.17) is 4.74 Å². The summed E-state index contributed by atoms with van der Waals surface area (Å²) in [6.45, 7) is 2.16. The molecule has 82 valence electrons. The molecule has 2 atom stereocenters. The molecule has 0 radical (unpaired) electrons. The Morgan fingerprint density at radius 3 is 2.87 bits per heavy atom. The molecule has 1 aliphatic rings. The second-order valence-corrected chi connectivity index (χ2v) is 4.84. The van der Waals surface area contributed by atoms with Crippen molar-refractivity contribution in [3.63, 3.8) is 0 Å². The summed E-state index contributed by atoms with van der Waals surface area (Å²) < 4.78 is 6.06. The van der Waals surface area contributed by atoms with E-state index in [1.165, 1.54) is 24.0 Å². The van der Waals surface area contributed by atoms with Gasteiger partial charge >= 0.3 is 0 Å². The molecule has 0 N–H and O–H groups in total. The molecule has 1 aromatic carbocycles. The highest BCUT2D eigenvalue weighted by molar-refractivity contribution is 9.09. The highest BCUT2D eigenvalue weighted by Gasteiger charge is 2.23. The molecule has 2 rings (SSSR count). The van der Waals surface area contributed by atoms with Crippen LogP contribution in [0.3, 0.4) is 0 Å². The molecule has 1 nitrogen and oxygen atoms in total. The summed E-state index contributed by atoms with van der Waals surface area (Å²) in [6, 6.07) is 8.54. The van der Waals surface area contributed by atoms with Crippen LogP contribution in [0.4, 0.5) is 0 Å². The molecule has 0 aliphatic carbocycles. The lowest BCUT2D eigenvalue weighted by Gasteiger charge is -2.30. The molecule has 0 spiro atoms. The van der Waals surface area contributed by atoms with E-state index in [1.54, 1.807) is 0 Å². The normalized spacial score (nSPS) is 26.5. The van der Waals surface area contributed by atoms with Gasteiger partial charge in [-0.1, -0.05) is 40.2 Å². The predicted octanol–water partition coefficient (Wildman–Crippen LogP) is 4.00. The SMILES string of the molecule is Cc1ccccc1C1CCCC(CBr)O1. The first-order chi connectivity index (χ1) is 7.31. The summed E-state index contributed by atoms with van der Waals surface area (Å²) in [5.41, 5.74) is 2.71. The number of rotatable bonds is 2. The van der Waals surface area contributed by atoms with E-state index >= 15 is 0 Å². The topological polar surface area (TPSA) is 9.23 Å². The number of hydrogen-bond donors (Lipinski definition) is 0. The fraction of sp³-hybridized carbons (Fsp3) is 0.538. The van der Waals surface area contributed by atoms with Crippen LogP contribution in [-0.4, -0.2) is 11.4 Å². The second kappa shape index (κ2) is 5.13. The van der Waals surface area contributed by atoms with Gasteiger partial charge in [0.05, 0.1) is 12.2 Å². The van der Waals surface area contributed by atoms with Crippen LogP contribution in [0, 0.1) is 6.92 Å². The monoisotopic (exact) mass is 268 g/mol. The molecule has 0 aromatic heterocycles. The second-order valence-electron chi connectivity index (χ2n) is 4.19. The van der Waals surface area contributed by atoms with Crippen molar-refractivity contribution in [2.24, 2.45) is 0 Å². The van der Waals surface area contributed by atoms with Gasteiger partial charge in [-0.25, -0.2) is 0 Å². The molecule has 15 heavy (non-hydrogen) atoms. The van der Waals surface area contributed by atoms with E-state index in [-0.39, 0.29) is 0 Å². The van der Waals surface area contributed by atoms with Crippen LogP contribution in [0.1, 0.15) is 36.5 Å². The minimum absolute atomic E-state index is 0.308. The van der Waals surface area contributed by atoms with E-state index in [2.05, 4.69) is 47.1 Å². The lowest BCUT2D eigenvalue weighted by Crippen LogP contribution is -2.23. The van der Waals surface area contributed by atoms with Gasteiger partial charge in [0.15, 0.2) is 0 Å². The zero-order chi connectivity index (χ0) is 10.7. The van der Waals surface area contributed by atoms with Gasteiger partial charge < -0.3 is 4.74 Å². The van der Waals surface area contributed by atoms with Gasteiger partial charge in [0.2, 0.25) is 0 Å². The quantitative estimate of drug-likeness (QED) is 0.737. The van der Waals surface area contributed by atoms with Gasteiger partial charge in [0, 0.05) is 5.33 Å². The fourth-order valence-corrected chi connectivity index (χ4v) is 2.67. The van der Waals surface area contributed by atoms with E-state index in [9.17, 15) is 0 Å². The minimum Gasteiger partial charge on any atom is -0.369 e. The maximum Gasteiger partial charge on any atom is 0.0831 e. The maximum absolute atomic E-state index is 6.06. The average molecular weight is 269 g/mol. The van der Waals surface area contributed by atoms with Gasteiger partial charge in [0.1, 0.15) is 0 Å². The molecule has 2 heteroatoms. The van der Waals surface area contributed by atoms with Gasteiger partial charge in [0.25, 0.3) is 0 Å². The number of halogens is 1. The first-order valence-electron chi connectivity index (χ1n) is 5.58. The fourth-order valence-electron chi connectivity index (χ4n) is 2.19. The first kappa shape index (κ1) is 11.2. The van der Waals surface area contributed by atoms with Crippen molar-refractivity contribution in [1.29, 1.82) is 0 Å². The molecule has 1 heterocycles. The molecule has 1 aromatic rings. The Morgan fingerprint density at radius 1 is 1.33 bits per heavy atom. The highest BCUT2D eigenvalue weighted by Crippen LogP contribution is 2.33. The van der Waals surface area contributed by atoms with Crippen molar-refractivity contribution in [2.75, 3.05) is 5.33 Å².